The zero-order chi connectivity index (χ0) is 16.6. The van der Waals surface area contributed by atoms with Gasteiger partial charge in [0, 0.05) is 0 Å². The van der Waals surface area contributed by atoms with E-state index < -0.39 is 0 Å². The Labute approximate surface area is 137 Å². The smallest absolute Gasteiger partial charge is 0.153 e. The minimum absolute atomic E-state index is 0.122. The number of ether oxygens (including phenoxy) is 1. The molecule has 3 heteroatoms. The summed E-state index contributed by atoms with van der Waals surface area (Å²) in [5, 5.41) is 0. The van der Waals surface area contributed by atoms with Crippen LogP contribution >= 0.6 is 0 Å². The molecule has 1 aromatic heterocycles. The van der Waals surface area contributed by atoms with Crippen LogP contribution in [0.1, 0.15) is 55.3 Å². The highest BCUT2D eigenvalue weighted by Crippen LogP contribution is 2.30. The molecule has 1 heterocycles. The largest absolute Gasteiger partial charge is 0.483 e. The van der Waals surface area contributed by atoms with Gasteiger partial charge in [-0.05, 0) is 61.6 Å². The molecule has 1 unspecified atom stereocenters. The first-order chi connectivity index (χ1) is 11.0. The third kappa shape index (κ3) is 3.09. The Kier molecular flexibility index (Phi) is 4.12. The van der Waals surface area contributed by atoms with E-state index in [0.717, 1.165) is 22.6 Å². The van der Waals surface area contributed by atoms with E-state index in [-0.39, 0.29) is 6.10 Å². The van der Waals surface area contributed by atoms with Crippen molar-refractivity contribution in [3.63, 3.8) is 0 Å². The number of aromatic nitrogens is 2. The Bertz CT molecular complexity index is 794. The molecular formula is C20H24N2O. The Morgan fingerprint density at radius 1 is 1.00 bits per heavy atom. The minimum Gasteiger partial charge on any atom is -0.483 e. The predicted molar refractivity (Wildman–Crippen MR) is 95.1 cm³/mol. The van der Waals surface area contributed by atoms with Crippen LogP contribution in [-0.4, -0.2) is 9.97 Å². The molecule has 120 valence electrons. The van der Waals surface area contributed by atoms with Gasteiger partial charge in [0.1, 0.15) is 11.6 Å². The van der Waals surface area contributed by atoms with Crippen LogP contribution in [0.3, 0.4) is 0 Å². The zero-order valence-corrected chi connectivity index (χ0v) is 14.5. The summed E-state index contributed by atoms with van der Waals surface area (Å²) in [5.74, 6) is 2.23. The number of para-hydroxylation sites is 1. The molecule has 0 fully saturated rings. The maximum Gasteiger partial charge on any atom is 0.153 e. The number of aryl methyl sites for hydroxylation is 2. The summed E-state index contributed by atoms with van der Waals surface area (Å²) in [5.41, 5.74) is 5.81. The Balaban J connectivity index is 1.90. The van der Waals surface area contributed by atoms with E-state index in [1.54, 1.807) is 0 Å². The average molecular weight is 308 g/mol. The van der Waals surface area contributed by atoms with Crippen molar-refractivity contribution in [1.82, 2.24) is 9.97 Å². The van der Waals surface area contributed by atoms with Gasteiger partial charge in [0.05, 0.1) is 11.0 Å². The predicted octanol–water partition coefficient (Wildman–Crippen LogP) is 5.44. The lowest BCUT2D eigenvalue weighted by molar-refractivity contribution is 0.215. The summed E-state index contributed by atoms with van der Waals surface area (Å²) >= 11 is 0. The first kappa shape index (κ1) is 15.6. The van der Waals surface area contributed by atoms with Gasteiger partial charge in [-0.2, -0.15) is 0 Å². The van der Waals surface area contributed by atoms with E-state index in [2.05, 4.69) is 56.9 Å². The molecule has 0 bridgehead atoms. The monoisotopic (exact) mass is 308 g/mol. The summed E-state index contributed by atoms with van der Waals surface area (Å²) < 4.78 is 6.19. The number of H-pyrrole nitrogens is 1. The number of aromatic amines is 1. The summed E-state index contributed by atoms with van der Waals surface area (Å²) in [7, 11) is 0. The van der Waals surface area contributed by atoms with Crippen molar-refractivity contribution in [2.45, 2.75) is 46.6 Å². The zero-order valence-electron chi connectivity index (χ0n) is 14.5. The van der Waals surface area contributed by atoms with Crippen LogP contribution in [0.4, 0.5) is 0 Å². The standard InChI is InChI=1S/C20H24N2O/c1-12(2)16-8-6-7-9-19(16)23-15(5)20-21-17-10-13(3)14(4)11-18(17)22-20/h6-12,15H,1-5H3,(H,21,22). The number of imidazole rings is 1. The molecule has 0 radical (unpaired) electrons. The first-order valence-electron chi connectivity index (χ1n) is 8.18. The molecule has 23 heavy (non-hydrogen) atoms. The molecule has 0 spiro atoms. The minimum atomic E-state index is -0.122. The molecule has 1 atom stereocenters. The topological polar surface area (TPSA) is 37.9 Å². The van der Waals surface area contributed by atoms with Crippen molar-refractivity contribution in [3.05, 3.63) is 58.9 Å². The van der Waals surface area contributed by atoms with Crippen LogP contribution in [-0.2, 0) is 0 Å². The molecule has 0 aliphatic rings. The molecular weight excluding hydrogens is 284 g/mol. The van der Waals surface area contributed by atoms with Crippen molar-refractivity contribution in [3.8, 4) is 5.75 Å². The molecule has 1 N–H and O–H groups in total. The van der Waals surface area contributed by atoms with E-state index >= 15 is 0 Å². The molecule has 0 aliphatic heterocycles. The van der Waals surface area contributed by atoms with Crippen molar-refractivity contribution in [2.75, 3.05) is 0 Å². The van der Waals surface area contributed by atoms with Gasteiger partial charge in [0.15, 0.2) is 6.10 Å². The fourth-order valence-corrected chi connectivity index (χ4v) is 2.79. The first-order valence-corrected chi connectivity index (χ1v) is 8.18. The van der Waals surface area contributed by atoms with E-state index in [0.29, 0.717) is 5.92 Å². The highest BCUT2D eigenvalue weighted by molar-refractivity contribution is 5.77. The van der Waals surface area contributed by atoms with Crippen molar-refractivity contribution >= 4 is 11.0 Å². The molecule has 3 nitrogen and oxygen atoms in total. The number of hydrogen-bond donors (Lipinski definition) is 1. The van der Waals surface area contributed by atoms with Crippen LogP contribution in [0, 0.1) is 13.8 Å². The van der Waals surface area contributed by atoms with Crippen LogP contribution in [0.25, 0.3) is 11.0 Å². The van der Waals surface area contributed by atoms with Gasteiger partial charge >= 0.3 is 0 Å². The van der Waals surface area contributed by atoms with Gasteiger partial charge < -0.3 is 9.72 Å². The lowest BCUT2D eigenvalue weighted by Crippen LogP contribution is -2.07. The second kappa shape index (κ2) is 6.07. The third-order valence-electron chi connectivity index (χ3n) is 4.35. The van der Waals surface area contributed by atoms with E-state index in [1.807, 2.05) is 19.1 Å². The summed E-state index contributed by atoms with van der Waals surface area (Å²) in [6, 6.07) is 12.5. The van der Waals surface area contributed by atoms with Gasteiger partial charge in [-0.25, -0.2) is 4.98 Å². The lowest BCUT2D eigenvalue weighted by atomic mass is 10.0. The number of nitrogens with zero attached hydrogens (tertiary/aromatic N) is 1. The quantitative estimate of drug-likeness (QED) is 0.696. The number of hydrogen-bond acceptors (Lipinski definition) is 2. The molecule has 3 aromatic rings. The number of benzene rings is 2. The Hall–Kier alpha value is -2.29. The third-order valence-corrected chi connectivity index (χ3v) is 4.35. The highest BCUT2D eigenvalue weighted by atomic mass is 16.5. The van der Waals surface area contributed by atoms with E-state index in [1.165, 1.54) is 16.7 Å². The molecule has 0 saturated heterocycles. The maximum absolute atomic E-state index is 6.19. The van der Waals surface area contributed by atoms with Gasteiger partial charge in [-0.15, -0.1) is 0 Å². The van der Waals surface area contributed by atoms with Crippen molar-refractivity contribution < 1.29 is 4.74 Å². The second-order valence-corrected chi connectivity index (χ2v) is 6.53. The van der Waals surface area contributed by atoms with E-state index in [9.17, 15) is 0 Å². The number of nitrogens with one attached hydrogen (secondary N) is 1. The van der Waals surface area contributed by atoms with Gasteiger partial charge in [-0.1, -0.05) is 32.0 Å². The summed E-state index contributed by atoms with van der Waals surface area (Å²) in [4.78, 5) is 8.10. The molecule has 0 aliphatic carbocycles. The van der Waals surface area contributed by atoms with Gasteiger partial charge in [-0.3, -0.25) is 0 Å². The van der Waals surface area contributed by atoms with Crippen LogP contribution in [0.2, 0.25) is 0 Å². The fourth-order valence-electron chi connectivity index (χ4n) is 2.79. The van der Waals surface area contributed by atoms with Crippen LogP contribution in [0.5, 0.6) is 5.75 Å². The second-order valence-electron chi connectivity index (χ2n) is 6.53. The Morgan fingerprint density at radius 2 is 1.70 bits per heavy atom. The van der Waals surface area contributed by atoms with Crippen LogP contribution < -0.4 is 4.74 Å². The maximum atomic E-state index is 6.19. The van der Waals surface area contributed by atoms with Crippen LogP contribution in [0.15, 0.2) is 36.4 Å². The van der Waals surface area contributed by atoms with Gasteiger partial charge in [0.2, 0.25) is 0 Å². The SMILES string of the molecule is Cc1cc2nc(C(C)Oc3ccccc3C(C)C)[nH]c2cc1C. The van der Waals surface area contributed by atoms with Crippen molar-refractivity contribution in [1.29, 1.82) is 0 Å². The highest BCUT2D eigenvalue weighted by Gasteiger charge is 2.15. The Morgan fingerprint density at radius 3 is 2.43 bits per heavy atom. The number of fused-ring (bicyclic) bond motifs is 1. The normalized spacial score (nSPS) is 12.8. The van der Waals surface area contributed by atoms with Gasteiger partial charge in [0.25, 0.3) is 0 Å². The lowest BCUT2D eigenvalue weighted by Gasteiger charge is -2.17. The summed E-state index contributed by atoms with van der Waals surface area (Å²) in [6.07, 6.45) is -0.122. The fraction of sp³-hybridized carbons (Fsp3) is 0.350. The molecule has 0 amide bonds. The molecule has 0 saturated carbocycles. The molecule has 2 aromatic carbocycles. The number of rotatable bonds is 4. The molecule has 3 rings (SSSR count). The van der Waals surface area contributed by atoms with E-state index in [4.69, 9.17) is 9.72 Å². The average Bonchev–Trinajstić information content (AvgIpc) is 2.91. The van der Waals surface area contributed by atoms with Crippen molar-refractivity contribution in [2.24, 2.45) is 0 Å². The summed E-state index contributed by atoms with van der Waals surface area (Å²) in [6.45, 7) is 10.6.